The summed E-state index contributed by atoms with van der Waals surface area (Å²) in [4.78, 5) is -0.358. The molecule has 0 radical (unpaired) electrons. The number of aliphatic hydroxyl groups is 2. The number of nitrogens with zero attached hydrogens (tertiary/aromatic N) is 1. The lowest BCUT2D eigenvalue weighted by atomic mass is 10.3. The number of hydrogen-bond acceptors (Lipinski definition) is 5. The van der Waals surface area contributed by atoms with Gasteiger partial charge < -0.3 is 15.9 Å². The maximum absolute atomic E-state index is 13.1. The van der Waals surface area contributed by atoms with E-state index >= 15 is 0 Å². The zero-order valence-corrected chi connectivity index (χ0v) is 10.1. The second-order valence-corrected chi connectivity index (χ2v) is 6.05. The molecule has 0 amide bonds. The summed E-state index contributed by atoms with van der Waals surface area (Å²) in [5.41, 5.74) is 5.44. The lowest BCUT2D eigenvalue weighted by Gasteiger charge is -2.16. The third kappa shape index (κ3) is 2.19. The number of rotatable bonds is 2. The van der Waals surface area contributed by atoms with Gasteiger partial charge >= 0.3 is 0 Å². The number of β-amino-alcohol motifs (C(OH)–C–C–N with tert-alkyl or cyclic N) is 2. The fourth-order valence-electron chi connectivity index (χ4n) is 1.80. The van der Waals surface area contributed by atoms with Crippen molar-refractivity contribution in [2.45, 2.75) is 17.1 Å². The molecule has 1 aromatic carbocycles. The van der Waals surface area contributed by atoms with Gasteiger partial charge in [0.25, 0.3) is 0 Å². The number of hydrogen-bond donors (Lipinski definition) is 3. The number of halogens is 1. The molecule has 0 saturated carbocycles. The third-order valence-corrected chi connectivity index (χ3v) is 4.71. The van der Waals surface area contributed by atoms with Crippen molar-refractivity contribution in [1.82, 2.24) is 4.31 Å². The number of nitrogens with two attached hydrogens (primary N) is 1. The highest BCUT2D eigenvalue weighted by Crippen LogP contribution is 2.26. The third-order valence-electron chi connectivity index (χ3n) is 2.82. The molecule has 0 spiro atoms. The van der Waals surface area contributed by atoms with Crippen molar-refractivity contribution < 1.29 is 23.0 Å². The van der Waals surface area contributed by atoms with Crippen LogP contribution in [-0.4, -0.2) is 48.2 Å². The topological polar surface area (TPSA) is 104 Å². The summed E-state index contributed by atoms with van der Waals surface area (Å²) in [5.74, 6) is -0.719. The first-order valence-corrected chi connectivity index (χ1v) is 6.67. The number of benzene rings is 1. The van der Waals surface area contributed by atoms with Crippen LogP contribution in [0.1, 0.15) is 0 Å². The van der Waals surface area contributed by atoms with Crippen molar-refractivity contribution in [2.75, 3.05) is 18.8 Å². The number of sulfonamides is 1. The van der Waals surface area contributed by atoms with Crippen molar-refractivity contribution in [1.29, 1.82) is 0 Å². The molecule has 0 aliphatic carbocycles. The monoisotopic (exact) mass is 276 g/mol. The van der Waals surface area contributed by atoms with Crippen LogP contribution < -0.4 is 5.73 Å². The van der Waals surface area contributed by atoms with Gasteiger partial charge in [-0.2, -0.15) is 4.31 Å². The Kier molecular flexibility index (Phi) is 3.28. The van der Waals surface area contributed by atoms with Gasteiger partial charge in [-0.1, -0.05) is 0 Å². The van der Waals surface area contributed by atoms with E-state index in [0.717, 1.165) is 22.5 Å². The maximum Gasteiger partial charge on any atom is 0.245 e. The maximum atomic E-state index is 13.1. The van der Waals surface area contributed by atoms with Crippen molar-refractivity contribution in [2.24, 2.45) is 0 Å². The predicted molar refractivity (Wildman–Crippen MR) is 61.6 cm³/mol. The minimum absolute atomic E-state index is 0.0766. The van der Waals surface area contributed by atoms with Gasteiger partial charge in [0.1, 0.15) is 10.7 Å². The van der Waals surface area contributed by atoms with Crippen molar-refractivity contribution in [3.8, 4) is 0 Å². The van der Waals surface area contributed by atoms with E-state index in [4.69, 9.17) is 5.73 Å². The Bertz CT molecular complexity index is 553. The van der Waals surface area contributed by atoms with Crippen LogP contribution >= 0.6 is 0 Å². The molecule has 1 heterocycles. The van der Waals surface area contributed by atoms with Crippen LogP contribution in [0.3, 0.4) is 0 Å². The second-order valence-electron chi connectivity index (χ2n) is 4.14. The molecule has 1 aromatic rings. The molecule has 8 heteroatoms. The van der Waals surface area contributed by atoms with E-state index < -0.39 is 28.0 Å². The van der Waals surface area contributed by atoms with Gasteiger partial charge in [0.15, 0.2) is 0 Å². The average Bonchev–Trinajstić information content (AvgIpc) is 2.63. The van der Waals surface area contributed by atoms with Gasteiger partial charge in [0.2, 0.25) is 10.0 Å². The molecule has 0 aromatic heterocycles. The van der Waals surface area contributed by atoms with Crippen molar-refractivity contribution >= 4 is 15.7 Å². The smallest absolute Gasteiger partial charge is 0.245 e. The first-order chi connectivity index (χ1) is 8.32. The summed E-state index contributed by atoms with van der Waals surface area (Å²) in [6.45, 7) is -0.473. The predicted octanol–water partition coefficient (Wildman–Crippen LogP) is -0.866. The van der Waals surface area contributed by atoms with Gasteiger partial charge in [0, 0.05) is 13.1 Å². The summed E-state index contributed by atoms with van der Waals surface area (Å²) in [7, 11) is -4.01. The molecule has 1 aliphatic heterocycles. The van der Waals surface area contributed by atoms with Crippen LogP contribution in [0.4, 0.5) is 10.1 Å². The average molecular weight is 276 g/mol. The lowest BCUT2D eigenvalue weighted by Crippen LogP contribution is -2.30. The van der Waals surface area contributed by atoms with Crippen LogP contribution in [0.25, 0.3) is 0 Å². The molecule has 1 saturated heterocycles. The highest BCUT2D eigenvalue weighted by Gasteiger charge is 2.38. The number of anilines is 1. The van der Waals surface area contributed by atoms with Crippen LogP contribution in [0.2, 0.25) is 0 Å². The highest BCUT2D eigenvalue weighted by molar-refractivity contribution is 7.89. The van der Waals surface area contributed by atoms with Gasteiger partial charge in [-0.15, -0.1) is 0 Å². The Labute approximate surface area is 103 Å². The van der Waals surface area contributed by atoms with Gasteiger partial charge in [0.05, 0.1) is 17.9 Å². The molecule has 18 heavy (non-hydrogen) atoms. The SMILES string of the molecule is Nc1ccc(F)cc1S(=O)(=O)N1C[C@@H](O)[C@@H](O)C1. The Hall–Kier alpha value is -1.22. The minimum Gasteiger partial charge on any atom is -0.398 e. The van der Waals surface area contributed by atoms with Gasteiger partial charge in [-0.25, -0.2) is 12.8 Å². The zero-order valence-electron chi connectivity index (χ0n) is 9.32. The van der Waals surface area contributed by atoms with Crippen molar-refractivity contribution in [3.63, 3.8) is 0 Å². The van der Waals surface area contributed by atoms with Crippen LogP contribution in [0.15, 0.2) is 23.1 Å². The molecule has 6 nitrogen and oxygen atoms in total. The number of nitrogen functional groups attached to an aromatic ring is 1. The van der Waals surface area contributed by atoms with E-state index in [2.05, 4.69) is 0 Å². The Morgan fingerprint density at radius 2 is 1.83 bits per heavy atom. The zero-order chi connectivity index (χ0) is 13.5. The van der Waals surface area contributed by atoms with E-state index in [0.29, 0.717) is 0 Å². The van der Waals surface area contributed by atoms with Crippen LogP contribution in [0, 0.1) is 5.82 Å². The first-order valence-electron chi connectivity index (χ1n) is 5.23. The first kappa shape index (κ1) is 13.2. The standard InChI is InChI=1S/C10H13FN2O4S/c11-6-1-2-7(12)10(3-6)18(16,17)13-4-8(14)9(15)5-13/h1-3,8-9,14-15H,4-5,12H2/t8-,9+. The largest absolute Gasteiger partial charge is 0.398 e. The van der Waals surface area contributed by atoms with E-state index in [-0.39, 0.29) is 23.7 Å². The van der Waals surface area contributed by atoms with Crippen molar-refractivity contribution in [3.05, 3.63) is 24.0 Å². The van der Waals surface area contributed by atoms with E-state index in [1.807, 2.05) is 0 Å². The normalized spacial score (nSPS) is 25.5. The molecular formula is C10H13FN2O4S. The Morgan fingerprint density at radius 1 is 1.28 bits per heavy atom. The molecule has 4 N–H and O–H groups in total. The molecule has 2 atom stereocenters. The fourth-order valence-corrected chi connectivity index (χ4v) is 3.41. The summed E-state index contributed by atoms with van der Waals surface area (Å²) < 4.78 is 38.3. The van der Waals surface area contributed by atoms with E-state index in [1.54, 1.807) is 0 Å². The quantitative estimate of drug-likeness (QED) is 0.609. The molecular weight excluding hydrogens is 263 g/mol. The summed E-state index contributed by atoms with van der Waals surface area (Å²) in [6, 6.07) is 3.04. The van der Waals surface area contributed by atoms with E-state index in [9.17, 15) is 23.0 Å². The van der Waals surface area contributed by atoms with Crippen LogP contribution in [-0.2, 0) is 10.0 Å². The molecule has 100 valence electrons. The molecule has 1 fully saturated rings. The molecule has 0 unspecified atom stereocenters. The molecule has 0 bridgehead atoms. The number of aliphatic hydroxyl groups excluding tert-OH is 2. The second kappa shape index (κ2) is 4.47. The molecule has 1 aliphatic rings. The Balaban J connectivity index is 2.40. The summed E-state index contributed by atoms with van der Waals surface area (Å²) in [6.07, 6.45) is -2.29. The summed E-state index contributed by atoms with van der Waals surface area (Å²) >= 11 is 0. The summed E-state index contributed by atoms with van der Waals surface area (Å²) in [5, 5.41) is 18.7. The minimum atomic E-state index is -4.01. The molecule has 2 rings (SSSR count). The Morgan fingerprint density at radius 3 is 2.39 bits per heavy atom. The lowest BCUT2D eigenvalue weighted by molar-refractivity contribution is 0.0572. The van der Waals surface area contributed by atoms with Crippen LogP contribution in [0.5, 0.6) is 0 Å². The van der Waals surface area contributed by atoms with Gasteiger partial charge in [-0.05, 0) is 18.2 Å². The van der Waals surface area contributed by atoms with E-state index in [1.165, 1.54) is 0 Å². The highest BCUT2D eigenvalue weighted by atomic mass is 32.2. The van der Waals surface area contributed by atoms with Gasteiger partial charge in [-0.3, -0.25) is 0 Å². The fraction of sp³-hybridized carbons (Fsp3) is 0.400.